The Balaban J connectivity index is 1.09. The van der Waals surface area contributed by atoms with Crippen LogP contribution >= 0.6 is 0 Å². The molecule has 3 saturated heterocycles. The second kappa shape index (κ2) is 11.7. The van der Waals surface area contributed by atoms with Crippen LogP contribution in [0.5, 0.6) is 5.75 Å². The number of benzene rings is 2. The first-order chi connectivity index (χ1) is 20.5. The number of likely N-dealkylation sites (tertiary alicyclic amines) is 1. The van der Waals surface area contributed by atoms with Crippen LogP contribution in [0.15, 0.2) is 48.8 Å². The molecule has 3 aliphatic heterocycles. The summed E-state index contributed by atoms with van der Waals surface area (Å²) in [4.78, 5) is 24.4. The summed E-state index contributed by atoms with van der Waals surface area (Å²) in [6, 6.07) is 8.67. The van der Waals surface area contributed by atoms with Crippen LogP contribution in [0.4, 0.5) is 15.9 Å². The van der Waals surface area contributed by atoms with Crippen molar-refractivity contribution < 1.29 is 28.1 Å². The number of carbonyl (C=O) groups is 1. The molecule has 3 aromatic rings. The van der Waals surface area contributed by atoms with Crippen molar-refractivity contribution in [3.8, 4) is 5.75 Å². The molecule has 0 bridgehead atoms. The van der Waals surface area contributed by atoms with E-state index >= 15 is 0 Å². The zero-order valence-electron chi connectivity index (χ0n) is 23.6. The zero-order chi connectivity index (χ0) is 28.6. The number of carbonyl (C=O) groups excluding carboxylic acids is 1. The quantitative estimate of drug-likeness (QED) is 0.362. The summed E-state index contributed by atoms with van der Waals surface area (Å²) in [5.41, 5.74) is 2.73. The van der Waals surface area contributed by atoms with Gasteiger partial charge in [-0.3, -0.25) is 9.69 Å². The molecule has 1 N–H and O–H groups in total. The molecule has 220 valence electrons. The molecule has 0 radical (unpaired) electrons. The van der Waals surface area contributed by atoms with Crippen molar-refractivity contribution in [1.29, 1.82) is 0 Å². The second-order valence-corrected chi connectivity index (χ2v) is 11.7. The van der Waals surface area contributed by atoms with E-state index in [-0.39, 0.29) is 30.2 Å². The van der Waals surface area contributed by atoms with Gasteiger partial charge in [-0.25, -0.2) is 14.4 Å². The highest BCUT2D eigenvalue weighted by Gasteiger charge is 2.54. The Hall–Kier alpha value is -3.44. The van der Waals surface area contributed by atoms with Gasteiger partial charge in [0.2, 0.25) is 0 Å². The van der Waals surface area contributed by atoms with Gasteiger partial charge in [-0.2, -0.15) is 0 Å². The molecule has 0 amide bonds. The summed E-state index contributed by atoms with van der Waals surface area (Å²) in [7, 11) is 0. The first-order valence-corrected chi connectivity index (χ1v) is 14.7. The van der Waals surface area contributed by atoms with E-state index in [1.807, 2.05) is 18.2 Å². The third-order valence-electron chi connectivity index (χ3n) is 8.87. The summed E-state index contributed by atoms with van der Waals surface area (Å²) in [6.45, 7) is 7.47. The van der Waals surface area contributed by atoms with Crippen molar-refractivity contribution in [2.75, 3.05) is 58.0 Å². The molecular formula is C32H35FN4O5. The van der Waals surface area contributed by atoms with E-state index in [2.05, 4.69) is 20.2 Å². The second-order valence-electron chi connectivity index (χ2n) is 11.7. The van der Waals surface area contributed by atoms with Gasteiger partial charge in [-0.15, -0.1) is 0 Å². The van der Waals surface area contributed by atoms with Crippen molar-refractivity contribution >= 4 is 28.2 Å². The van der Waals surface area contributed by atoms with Crippen LogP contribution in [0.2, 0.25) is 0 Å². The number of hydrogen-bond donors (Lipinski definition) is 1. The standard InChI is InChI=1S/C32H35FN4O5/c1-19-9-21(4-5-27(19)33)36-32-23-11-20(10-22(38)3-2-6-37-13-30-31(14-37)41-8-7-40-30)29(12-28(23)34-18-35-32)42-17-26-24-15-39-16-25(24)26/h2-5,9,11-12,18,24-26,30-31H,6-8,10,13-17H2,1H3,(H,34,35,36)/b3-2+/t24?,25?,26?,30-,31-/m0/s1. The average molecular weight is 575 g/mol. The Kier molecular flexibility index (Phi) is 7.62. The predicted octanol–water partition coefficient (Wildman–Crippen LogP) is 3.86. The van der Waals surface area contributed by atoms with E-state index in [1.165, 1.54) is 12.4 Å². The van der Waals surface area contributed by atoms with Gasteiger partial charge in [0.1, 0.15) is 23.7 Å². The number of fused-ring (bicyclic) bond motifs is 3. The number of allylic oxidation sites excluding steroid dienone is 1. The third kappa shape index (κ3) is 5.76. The van der Waals surface area contributed by atoms with Crippen molar-refractivity contribution in [2.45, 2.75) is 25.6 Å². The van der Waals surface area contributed by atoms with E-state index in [4.69, 9.17) is 18.9 Å². The van der Waals surface area contributed by atoms with E-state index in [1.54, 1.807) is 25.1 Å². The molecule has 0 spiro atoms. The van der Waals surface area contributed by atoms with Crippen LogP contribution in [0, 0.1) is 30.5 Å². The molecule has 42 heavy (non-hydrogen) atoms. The molecule has 2 aromatic carbocycles. The highest BCUT2D eigenvalue weighted by Crippen LogP contribution is 2.50. The first-order valence-electron chi connectivity index (χ1n) is 14.7. The molecule has 1 saturated carbocycles. The lowest BCUT2D eigenvalue weighted by Gasteiger charge is -2.24. The molecular weight excluding hydrogens is 539 g/mol. The Morgan fingerprint density at radius 2 is 1.90 bits per heavy atom. The Labute approximate surface area is 244 Å². The molecule has 4 aliphatic rings. The number of aromatic nitrogens is 2. The molecule has 1 aliphatic carbocycles. The lowest BCUT2D eigenvalue weighted by Crippen LogP contribution is -2.36. The minimum Gasteiger partial charge on any atom is -0.493 e. The van der Waals surface area contributed by atoms with Crippen molar-refractivity contribution in [3.05, 3.63) is 65.8 Å². The van der Waals surface area contributed by atoms with Gasteiger partial charge >= 0.3 is 0 Å². The molecule has 9 nitrogen and oxygen atoms in total. The monoisotopic (exact) mass is 574 g/mol. The van der Waals surface area contributed by atoms with Crippen LogP contribution in [0.25, 0.3) is 10.9 Å². The highest BCUT2D eigenvalue weighted by molar-refractivity contribution is 5.96. The minimum atomic E-state index is -0.264. The number of hydrogen-bond acceptors (Lipinski definition) is 9. The fourth-order valence-electron chi connectivity index (χ4n) is 6.42. The summed E-state index contributed by atoms with van der Waals surface area (Å²) >= 11 is 0. The van der Waals surface area contributed by atoms with E-state index in [0.717, 1.165) is 42.9 Å². The fourth-order valence-corrected chi connectivity index (χ4v) is 6.42. The van der Waals surface area contributed by atoms with Crippen LogP contribution < -0.4 is 10.1 Å². The van der Waals surface area contributed by atoms with Gasteiger partial charge < -0.3 is 24.3 Å². The van der Waals surface area contributed by atoms with E-state index in [0.29, 0.717) is 66.8 Å². The molecule has 4 heterocycles. The van der Waals surface area contributed by atoms with Crippen molar-refractivity contribution in [3.63, 3.8) is 0 Å². The topological polar surface area (TPSA) is 95.0 Å². The van der Waals surface area contributed by atoms with Gasteiger partial charge in [-0.1, -0.05) is 6.08 Å². The molecule has 7 rings (SSSR count). The molecule has 4 atom stereocenters. The lowest BCUT2D eigenvalue weighted by atomic mass is 10.0. The van der Waals surface area contributed by atoms with Crippen LogP contribution in [-0.4, -0.2) is 85.5 Å². The number of anilines is 2. The van der Waals surface area contributed by atoms with Crippen molar-refractivity contribution in [2.24, 2.45) is 17.8 Å². The molecule has 4 fully saturated rings. The maximum absolute atomic E-state index is 13.8. The van der Waals surface area contributed by atoms with Gasteiger partial charge in [0.05, 0.1) is 50.8 Å². The third-order valence-corrected chi connectivity index (χ3v) is 8.87. The SMILES string of the molecule is Cc1cc(Nc2ncnc3cc(OCC4C5COCC54)c(CC(=O)/C=C/CN4C[C@@H]5OCCO[C@H]5C4)cc23)ccc1F. The largest absolute Gasteiger partial charge is 0.493 e. The molecule has 10 heteroatoms. The van der Waals surface area contributed by atoms with Gasteiger partial charge in [0.25, 0.3) is 0 Å². The zero-order valence-corrected chi connectivity index (χ0v) is 23.6. The van der Waals surface area contributed by atoms with Gasteiger partial charge in [0.15, 0.2) is 5.78 Å². The summed E-state index contributed by atoms with van der Waals surface area (Å²) < 4.78 is 37.3. The summed E-state index contributed by atoms with van der Waals surface area (Å²) in [5, 5.41) is 4.05. The average Bonchev–Trinajstić information content (AvgIpc) is 3.28. The molecule has 1 aromatic heterocycles. The van der Waals surface area contributed by atoms with Crippen LogP contribution in [0.3, 0.4) is 0 Å². The Bertz CT molecular complexity index is 1490. The summed E-state index contributed by atoms with van der Waals surface area (Å²) in [6.07, 6.45) is 5.47. The normalized spacial score (nSPS) is 26.9. The maximum Gasteiger partial charge on any atom is 0.159 e. The number of nitrogens with one attached hydrogen (secondary N) is 1. The van der Waals surface area contributed by atoms with E-state index in [9.17, 15) is 9.18 Å². The predicted molar refractivity (Wildman–Crippen MR) is 155 cm³/mol. The number of rotatable bonds is 10. The number of ether oxygens (including phenoxy) is 4. The van der Waals surface area contributed by atoms with E-state index < -0.39 is 0 Å². The fraction of sp³-hybridized carbons (Fsp3) is 0.469. The minimum absolute atomic E-state index is 0.0134. The van der Waals surface area contributed by atoms with Crippen molar-refractivity contribution in [1.82, 2.24) is 14.9 Å². The lowest BCUT2D eigenvalue weighted by molar-refractivity contribution is -0.116. The number of ketones is 1. The van der Waals surface area contributed by atoms with Crippen LogP contribution in [0.1, 0.15) is 11.1 Å². The van der Waals surface area contributed by atoms with Gasteiger partial charge in [0, 0.05) is 54.7 Å². The maximum atomic E-state index is 13.8. The number of nitrogens with zero attached hydrogens (tertiary/aromatic N) is 3. The Morgan fingerprint density at radius 3 is 2.67 bits per heavy atom. The van der Waals surface area contributed by atoms with Gasteiger partial charge in [-0.05, 0) is 54.7 Å². The smallest absolute Gasteiger partial charge is 0.159 e. The highest BCUT2D eigenvalue weighted by atomic mass is 19.1. The van der Waals surface area contributed by atoms with Crippen LogP contribution in [-0.2, 0) is 25.4 Å². The summed E-state index contributed by atoms with van der Waals surface area (Å²) in [5.74, 6) is 2.59. The number of aryl methyl sites for hydroxylation is 1. The number of halogens is 1. The first kappa shape index (κ1) is 27.4. The Morgan fingerprint density at radius 1 is 1.12 bits per heavy atom. The molecule has 2 unspecified atom stereocenters.